The van der Waals surface area contributed by atoms with Crippen molar-refractivity contribution in [2.45, 2.75) is 0 Å². The third kappa shape index (κ3) is 4.31. The summed E-state index contributed by atoms with van der Waals surface area (Å²) >= 11 is 0. The van der Waals surface area contributed by atoms with E-state index in [1.165, 1.54) is 10.8 Å². The summed E-state index contributed by atoms with van der Waals surface area (Å²) in [6.07, 6.45) is 0. The number of fused-ring (bicyclic) bond motifs is 4. The van der Waals surface area contributed by atoms with Gasteiger partial charge in [-0.15, -0.1) is 12.4 Å². The van der Waals surface area contributed by atoms with Crippen LogP contribution < -0.4 is 27.5 Å². The van der Waals surface area contributed by atoms with E-state index < -0.39 is 0 Å². The van der Waals surface area contributed by atoms with Crippen LogP contribution >= 0.6 is 12.4 Å². The lowest BCUT2D eigenvalue weighted by Gasteiger charge is -2.03. The molecule has 0 unspecified atom stereocenters. The third-order valence-electron chi connectivity index (χ3n) is 5.80. The van der Waals surface area contributed by atoms with Gasteiger partial charge in [0.05, 0.1) is 11.0 Å². The molecule has 0 amide bonds. The van der Waals surface area contributed by atoms with Crippen molar-refractivity contribution in [3.63, 3.8) is 0 Å². The third-order valence-corrected chi connectivity index (χ3v) is 5.80. The minimum atomic E-state index is 0. The van der Waals surface area contributed by atoms with Crippen LogP contribution in [0.15, 0.2) is 84.9 Å². The summed E-state index contributed by atoms with van der Waals surface area (Å²) in [5.41, 5.74) is 30.2. The molecule has 0 saturated heterocycles. The number of halogens is 1. The number of benzene rings is 4. The molecule has 0 aliphatic rings. The summed E-state index contributed by atoms with van der Waals surface area (Å²) in [7, 11) is 2.03. The molecule has 0 aliphatic carbocycles. The highest BCUT2D eigenvalue weighted by Gasteiger charge is 2.11. The average Bonchev–Trinajstić information content (AvgIpc) is 2.79. The highest BCUT2D eigenvalue weighted by Crippen LogP contribution is 2.23. The Hall–Kier alpha value is -4.29. The molecule has 2 heterocycles. The van der Waals surface area contributed by atoms with Crippen LogP contribution in [-0.2, 0) is 7.05 Å². The first-order valence-corrected chi connectivity index (χ1v) is 10.6. The van der Waals surface area contributed by atoms with Crippen molar-refractivity contribution < 1.29 is 4.57 Å². The van der Waals surface area contributed by atoms with Crippen LogP contribution in [0.25, 0.3) is 43.6 Å². The quantitative estimate of drug-likeness (QED) is 0.142. The molecule has 0 saturated carbocycles. The summed E-state index contributed by atoms with van der Waals surface area (Å²) in [5, 5.41) is 4.54. The summed E-state index contributed by atoms with van der Waals surface area (Å²) in [6, 6.07) is 27.6. The Bertz CT molecular complexity index is 1560. The first-order chi connectivity index (χ1) is 15.9. The normalized spacial score (nSPS) is 10.7. The fraction of sp³-hybridized carbons (Fsp3) is 0.0370. The Labute approximate surface area is 203 Å². The van der Waals surface area contributed by atoms with Gasteiger partial charge in [-0.3, -0.25) is 0 Å². The molecule has 0 fully saturated rings. The van der Waals surface area contributed by atoms with Crippen molar-refractivity contribution in [3.05, 3.63) is 84.9 Å². The Kier molecular flexibility index (Phi) is 6.01. The molecule has 34 heavy (non-hydrogen) atoms. The zero-order valence-electron chi connectivity index (χ0n) is 18.7. The molecule has 170 valence electrons. The molecular weight excluding hydrogens is 444 g/mol. The summed E-state index contributed by atoms with van der Waals surface area (Å²) in [6.45, 7) is 0. The van der Waals surface area contributed by atoms with E-state index in [9.17, 15) is 0 Å². The van der Waals surface area contributed by atoms with Crippen molar-refractivity contribution in [1.82, 2.24) is 4.98 Å². The fourth-order valence-corrected chi connectivity index (χ4v) is 4.10. The molecular formula is C27H26ClN6+. The summed E-state index contributed by atoms with van der Waals surface area (Å²) < 4.78 is 2.12. The molecule has 0 radical (unpaired) electrons. The second kappa shape index (κ2) is 8.92. The van der Waals surface area contributed by atoms with Gasteiger partial charge in [-0.25, -0.2) is 4.98 Å². The second-order valence-corrected chi connectivity index (χ2v) is 8.23. The van der Waals surface area contributed by atoms with E-state index in [-0.39, 0.29) is 12.4 Å². The van der Waals surface area contributed by atoms with Crippen molar-refractivity contribution >= 4 is 78.8 Å². The standard InChI is InChI=1S/C14H13N3.C13H11N3.ClH/c1-17-13-7-11(15)4-2-9(13)6-10-3-5-12(16)8-14(10)17;14-10-3-1-8-5-9-2-4-11(15)7-13(9)16-12(8)6-10;/h2-8H,1H3,(H3,15,16);1-7H,14-15H2;1H/p+1. The zero-order chi connectivity index (χ0) is 23.1. The van der Waals surface area contributed by atoms with Gasteiger partial charge in [0.15, 0.2) is 0 Å². The van der Waals surface area contributed by atoms with Gasteiger partial charge >= 0.3 is 0 Å². The smallest absolute Gasteiger partial charge is 0.214 e. The molecule has 0 spiro atoms. The number of pyridine rings is 2. The number of anilines is 4. The van der Waals surface area contributed by atoms with Gasteiger partial charge in [0.25, 0.3) is 0 Å². The number of hydrogen-bond donors (Lipinski definition) is 4. The Morgan fingerprint density at radius 3 is 1.29 bits per heavy atom. The van der Waals surface area contributed by atoms with E-state index in [0.29, 0.717) is 0 Å². The number of nitrogens with two attached hydrogens (primary N) is 4. The lowest BCUT2D eigenvalue weighted by atomic mass is 10.1. The highest BCUT2D eigenvalue weighted by atomic mass is 35.5. The first-order valence-electron chi connectivity index (χ1n) is 10.6. The van der Waals surface area contributed by atoms with Crippen molar-refractivity contribution in [2.75, 3.05) is 22.9 Å². The Morgan fingerprint density at radius 1 is 0.500 bits per heavy atom. The summed E-state index contributed by atoms with van der Waals surface area (Å²) in [5.74, 6) is 0. The van der Waals surface area contributed by atoms with Crippen LogP contribution in [0.1, 0.15) is 0 Å². The van der Waals surface area contributed by atoms with Crippen LogP contribution in [0.2, 0.25) is 0 Å². The minimum absolute atomic E-state index is 0. The number of aromatic nitrogens is 2. The number of aryl methyl sites for hydroxylation is 1. The maximum atomic E-state index is 5.83. The molecule has 6 aromatic rings. The number of nitrogens with zero attached hydrogens (tertiary/aromatic N) is 2. The van der Waals surface area contributed by atoms with Crippen LogP contribution in [0.4, 0.5) is 22.7 Å². The fourth-order valence-electron chi connectivity index (χ4n) is 4.10. The van der Waals surface area contributed by atoms with Gasteiger partial charge in [0, 0.05) is 56.4 Å². The Balaban J connectivity index is 0.000000157. The van der Waals surface area contributed by atoms with E-state index >= 15 is 0 Å². The molecule has 0 atom stereocenters. The van der Waals surface area contributed by atoms with Crippen molar-refractivity contribution in [1.29, 1.82) is 0 Å². The SMILES string of the molecule is C[n+]1c2cc(N)ccc2cc2ccc(N)cc21.Cl.Nc1ccc2cc3ccc(N)cc3nc2c1. The van der Waals surface area contributed by atoms with E-state index in [1.54, 1.807) is 0 Å². The molecule has 2 aromatic heterocycles. The summed E-state index contributed by atoms with van der Waals surface area (Å²) in [4.78, 5) is 4.54. The van der Waals surface area contributed by atoms with E-state index in [1.807, 2.05) is 79.8 Å². The van der Waals surface area contributed by atoms with Crippen LogP contribution in [0.5, 0.6) is 0 Å². The maximum absolute atomic E-state index is 5.83. The van der Waals surface area contributed by atoms with E-state index in [0.717, 1.165) is 55.6 Å². The minimum Gasteiger partial charge on any atom is -0.399 e. The lowest BCUT2D eigenvalue weighted by molar-refractivity contribution is -0.617. The molecule has 7 heteroatoms. The average molecular weight is 470 g/mol. The monoisotopic (exact) mass is 469 g/mol. The van der Waals surface area contributed by atoms with E-state index in [4.69, 9.17) is 22.9 Å². The molecule has 8 N–H and O–H groups in total. The van der Waals surface area contributed by atoms with Crippen LogP contribution in [-0.4, -0.2) is 4.98 Å². The molecule has 0 bridgehead atoms. The van der Waals surface area contributed by atoms with Gasteiger partial charge in [0.2, 0.25) is 11.0 Å². The van der Waals surface area contributed by atoms with Crippen LogP contribution in [0, 0.1) is 0 Å². The lowest BCUT2D eigenvalue weighted by Crippen LogP contribution is -2.30. The van der Waals surface area contributed by atoms with Crippen molar-refractivity contribution in [2.24, 2.45) is 7.05 Å². The molecule has 0 aliphatic heterocycles. The zero-order valence-corrected chi connectivity index (χ0v) is 19.5. The topological polar surface area (TPSA) is 121 Å². The van der Waals surface area contributed by atoms with Gasteiger partial charge in [-0.05, 0) is 60.7 Å². The second-order valence-electron chi connectivity index (χ2n) is 8.23. The number of nitrogen functional groups attached to an aromatic ring is 4. The van der Waals surface area contributed by atoms with Gasteiger partial charge in [-0.2, -0.15) is 4.57 Å². The van der Waals surface area contributed by atoms with Crippen molar-refractivity contribution in [3.8, 4) is 0 Å². The molecule has 4 aromatic carbocycles. The van der Waals surface area contributed by atoms with Gasteiger partial charge in [-0.1, -0.05) is 12.1 Å². The number of hydrogen-bond acceptors (Lipinski definition) is 5. The Morgan fingerprint density at radius 2 is 0.853 bits per heavy atom. The molecule has 6 nitrogen and oxygen atoms in total. The number of rotatable bonds is 0. The largest absolute Gasteiger partial charge is 0.399 e. The van der Waals surface area contributed by atoms with Gasteiger partial charge in [0.1, 0.15) is 7.05 Å². The van der Waals surface area contributed by atoms with Gasteiger partial charge < -0.3 is 22.9 Å². The first kappa shape index (κ1) is 22.9. The predicted octanol–water partition coefficient (Wildman–Crippen LogP) is 4.96. The predicted molar refractivity (Wildman–Crippen MR) is 147 cm³/mol. The highest BCUT2D eigenvalue weighted by molar-refractivity contribution is 5.95. The van der Waals surface area contributed by atoms with E-state index in [2.05, 4.69) is 21.7 Å². The van der Waals surface area contributed by atoms with Crippen LogP contribution in [0.3, 0.4) is 0 Å². The molecule has 6 rings (SSSR count). The maximum Gasteiger partial charge on any atom is 0.214 e.